The Hall–Kier alpha value is -0.600. The van der Waals surface area contributed by atoms with E-state index < -0.39 is 0 Å². The first-order valence-corrected chi connectivity index (χ1v) is 3.90. The Bertz CT molecular complexity index is 124. The Morgan fingerprint density at radius 1 is 1.30 bits per heavy atom. The predicted octanol–water partition coefficient (Wildman–Crippen LogP) is 1.91. The van der Waals surface area contributed by atoms with Crippen LogP contribution in [0.1, 0.15) is 32.1 Å². The van der Waals surface area contributed by atoms with Crippen LogP contribution < -0.4 is 0 Å². The highest BCUT2D eigenvalue weighted by Gasteiger charge is 2.14. The van der Waals surface area contributed by atoms with Crippen LogP contribution in [0.5, 0.6) is 0 Å². The average molecular weight is 142 g/mol. The number of azo groups is 1. The second kappa shape index (κ2) is 3.54. The molecular formula is C7H14N2O. The van der Waals surface area contributed by atoms with Crippen molar-refractivity contribution in [2.24, 2.45) is 5.11 Å². The quantitative estimate of drug-likeness (QED) is 0.313. The molecular weight excluding hydrogens is 128 g/mol. The molecule has 0 unspecified atom stereocenters. The molecule has 3 heteroatoms. The molecule has 1 saturated carbocycles. The molecule has 0 bridgehead atoms. The zero-order chi connectivity index (χ0) is 7.40. The zero-order valence-electron chi connectivity index (χ0n) is 6.42. The van der Waals surface area contributed by atoms with Gasteiger partial charge in [0.15, 0.2) is 7.05 Å². The molecule has 3 nitrogen and oxygen atoms in total. The third-order valence-corrected chi connectivity index (χ3v) is 1.90. The van der Waals surface area contributed by atoms with E-state index in [9.17, 15) is 5.21 Å². The number of hydrogen-bond donors (Lipinski definition) is 0. The van der Waals surface area contributed by atoms with Gasteiger partial charge < -0.3 is 5.21 Å². The maximum absolute atomic E-state index is 10.5. The van der Waals surface area contributed by atoms with Crippen molar-refractivity contribution in [1.82, 2.24) is 0 Å². The molecule has 1 rings (SSSR count). The fourth-order valence-electron chi connectivity index (χ4n) is 1.43. The predicted molar refractivity (Wildman–Crippen MR) is 38.9 cm³/mol. The van der Waals surface area contributed by atoms with Crippen molar-refractivity contribution in [3.8, 4) is 0 Å². The first-order valence-electron chi connectivity index (χ1n) is 3.90. The zero-order valence-corrected chi connectivity index (χ0v) is 6.42. The van der Waals surface area contributed by atoms with E-state index in [0.29, 0.717) is 10.9 Å². The lowest BCUT2D eigenvalue weighted by molar-refractivity contribution is -0.503. The van der Waals surface area contributed by atoms with E-state index in [-0.39, 0.29) is 0 Å². The molecule has 0 spiro atoms. The molecule has 0 aromatic carbocycles. The molecule has 0 atom stereocenters. The summed E-state index contributed by atoms with van der Waals surface area (Å²) in [5.74, 6) is 0. The van der Waals surface area contributed by atoms with Gasteiger partial charge in [-0.3, -0.25) is 0 Å². The molecule has 0 amide bonds. The topological polar surface area (TPSA) is 38.4 Å². The normalized spacial score (nSPS) is 23.1. The summed E-state index contributed by atoms with van der Waals surface area (Å²) in [4.78, 5) is 0.690. The Morgan fingerprint density at radius 2 is 1.90 bits per heavy atom. The lowest BCUT2D eigenvalue weighted by atomic mass is 9.96. The van der Waals surface area contributed by atoms with Gasteiger partial charge in [-0.15, -0.1) is 0 Å². The molecule has 10 heavy (non-hydrogen) atoms. The fraction of sp³-hybridized carbons (Fsp3) is 1.00. The highest BCUT2D eigenvalue weighted by Crippen LogP contribution is 2.19. The van der Waals surface area contributed by atoms with E-state index in [0.717, 1.165) is 12.8 Å². The molecule has 0 N–H and O–H groups in total. The van der Waals surface area contributed by atoms with Gasteiger partial charge in [0.2, 0.25) is 0 Å². The second-order valence-electron chi connectivity index (χ2n) is 2.87. The summed E-state index contributed by atoms with van der Waals surface area (Å²) in [5, 5.41) is 14.4. The van der Waals surface area contributed by atoms with Crippen LogP contribution in [0.2, 0.25) is 0 Å². The van der Waals surface area contributed by atoms with Crippen LogP contribution in [-0.4, -0.2) is 18.0 Å². The smallest absolute Gasteiger partial charge is 0.171 e. The Kier molecular flexibility index (Phi) is 2.66. The van der Waals surface area contributed by atoms with Crippen LogP contribution >= 0.6 is 0 Å². The second-order valence-corrected chi connectivity index (χ2v) is 2.87. The Morgan fingerprint density at radius 3 is 2.40 bits per heavy atom. The van der Waals surface area contributed by atoms with Gasteiger partial charge in [0.1, 0.15) is 6.04 Å². The minimum Gasteiger partial charge on any atom is -0.600 e. The lowest BCUT2D eigenvalue weighted by Gasteiger charge is -2.14. The Balaban J connectivity index is 2.33. The molecule has 1 fully saturated rings. The first-order chi connectivity index (χ1) is 4.79. The highest BCUT2D eigenvalue weighted by atomic mass is 16.5. The van der Waals surface area contributed by atoms with Gasteiger partial charge in [-0.2, -0.15) is 0 Å². The van der Waals surface area contributed by atoms with Crippen LogP contribution in [0.3, 0.4) is 0 Å². The third kappa shape index (κ3) is 2.33. The third-order valence-electron chi connectivity index (χ3n) is 1.90. The standard InChI is InChI=1S/C7H14N2O/c1-9(10)8-7-5-3-2-4-6-7/h7H,2-6H2,1H3. The molecule has 0 aliphatic heterocycles. The van der Waals surface area contributed by atoms with Crippen LogP contribution in [-0.2, 0) is 0 Å². The van der Waals surface area contributed by atoms with Gasteiger partial charge in [0.25, 0.3) is 0 Å². The molecule has 1 aliphatic rings. The Labute approximate surface area is 61.3 Å². The van der Waals surface area contributed by atoms with Gasteiger partial charge in [0, 0.05) is 0 Å². The maximum atomic E-state index is 10.5. The largest absolute Gasteiger partial charge is 0.600 e. The molecule has 0 aromatic rings. The summed E-state index contributed by atoms with van der Waals surface area (Å²) < 4.78 is 0. The molecule has 0 saturated heterocycles. The molecule has 1 aliphatic carbocycles. The van der Waals surface area contributed by atoms with Crippen LogP contribution in [0.25, 0.3) is 0 Å². The van der Waals surface area contributed by atoms with Crippen molar-refractivity contribution >= 4 is 0 Å². The van der Waals surface area contributed by atoms with Gasteiger partial charge in [-0.25, -0.2) is 0 Å². The van der Waals surface area contributed by atoms with Crippen LogP contribution in [0.15, 0.2) is 5.11 Å². The van der Waals surface area contributed by atoms with E-state index in [1.165, 1.54) is 26.3 Å². The van der Waals surface area contributed by atoms with Crippen LogP contribution in [0.4, 0.5) is 0 Å². The number of nitrogens with zero attached hydrogens (tertiary/aromatic N) is 2. The van der Waals surface area contributed by atoms with Crippen molar-refractivity contribution in [3.63, 3.8) is 0 Å². The summed E-state index contributed by atoms with van der Waals surface area (Å²) in [5.41, 5.74) is 0. The monoisotopic (exact) mass is 142 g/mol. The van der Waals surface area contributed by atoms with Crippen molar-refractivity contribution in [1.29, 1.82) is 0 Å². The number of rotatable bonds is 1. The number of hydrogen-bond acceptors (Lipinski definition) is 2. The molecule has 0 radical (unpaired) electrons. The van der Waals surface area contributed by atoms with Crippen LogP contribution in [0, 0.1) is 5.21 Å². The molecule has 0 heterocycles. The van der Waals surface area contributed by atoms with Gasteiger partial charge in [-0.1, -0.05) is 24.1 Å². The average Bonchev–Trinajstić information content (AvgIpc) is 1.88. The SMILES string of the molecule is C[N+]([O-])=NC1CCCCC1. The maximum Gasteiger partial charge on any atom is 0.171 e. The van der Waals surface area contributed by atoms with Gasteiger partial charge in [0.05, 0.1) is 0 Å². The van der Waals surface area contributed by atoms with Crippen molar-refractivity contribution < 1.29 is 4.86 Å². The minimum atomic E-state index is 0.316. The number of hydroxylamine groups is 1. The highest BCUT2D eigenvalue weighted by molar-refractivity contribution is 4.68. The van der Waals surface area contributed by atoms with Gasteiger partial charge in [-0.05, 0) is 18.0 Å². The summed E-state index contributed by atoms with van der Waals surface area (Å²) in [6.07, 6.45) is 6.00. The minimum absolute atomic E-state index is 0.316. The fourth-order valence-corrected chi connectivity index (χ4v) is 1.43. The van der Waals surface area contributed by atoms with E-state index in [2.05, 4.69) is 5.11 Å². The molecule has 0 aromatic heterocycles. The van der Waals surface area contributed by atoms with Crippen molar-refractivity contribution in [2.45, 2.75) is 38.1 Å². The molecule has 58 valence electrons. The first kappa shape index (κ1) is 7.51. The summed E-state index contributed by atoms with van der Waals surface area (Å²) in [6.45, 7) is 0. The van der Waals surface area contributed by atoms with E-state index in [1.54, 1.807) is 0 Å². The van der Waals surface area contributed by atoms with E-state index >= 15 is 0 Å². The van der Waals surface area contributed by atoms with E-state index in [1.807, 2.05) is 0 Å². The lowest BCUT2D eigenvalue weighted by Crippen LogP contribution is -2.11. The summed E-state index contributed by atoms with van der Waals surface area (Å²) >= 11 is 0. The van der Waals surface area contributed by atoms with E-state index in [4.69, 9.17) is 0 Å². The van der Waals surface area contributed by atoms with Gasteiger partial charge >= 0.3 is 0 Å². The van der Waals surface area contributed by atoms with Crippen molar-refractivity contribution in [2.75, 3.05) is 7.05 Å². The van der Waals surface area contributed by atoms with Crippen molar-refractivity contribution in [3.05, 3.63) is 5.21 Å². The summed E-state index contributed by atoms with van der Waals surface area (Å²) in [7, 11) is 1.45. The summed E-state index contributed by atoms with van der Waals surface area (Å²) in [6, 6.07) is 0.316.